The first-order chi connectivity index (χ1) is 10.3. The molecule has 0 fully saturated rings. The third-order valence-electron chi connectivity index (χ3n) is 4.85. The van der Waals surface area contributed by atoms with Crippen LogP contribution in [0, 0.1) is 5.92 Å². The zero-order valence-corrected chi connectivity index (χ0v) is 15.6. The molecule has 0 radical (unpaired) electrons. The van der Waals surface area contributed by atoms with Gasteiger partial charge in [0.05, 0.1) is 0 Å². The van der Waals surface area contributed by atoms with Crippen LogP contribution < -0.4 is 0 Å². The van der Waals surface area contributed by atoms with Gasteiger partial charge >= 0.3 is 0 Å². The van der Waals surface area contributed by atoms with E-state index in [1.807, 2.05) is 0 Å². The van der Waals surface area contributed by atoms with Crippen LogP contribution in [-0.2, 0) is 0 Å². The Morgan fingerprint density at radius 3 is 1.10 bits per heavy atom. The highest BCUT2D eigenvalue weighted by atomic mass is 14.1. The van der Waals surface area contributed by atoms with Crippen molar-refractivity contribution >= 4 is 0 Å². The summed E-state index contributed by atoms with van der Waals surface area (Å²) < 4.78 is 0. The minimum Gasteiger partial charge on any atom is -0.0654 e. The van der Waals surface area contributed by atoms with Crippen molar-refractivity contribution in [3.05, 3.63) is 0 Å². The molecule has 0 nitrogen and oxygen atoms in total. The average molecular weight is 297 g/mol. The summed E-state index contributed by atoms with van der Waals surface area (Å²) >= 11 is 0. The molecule has 0 aliphatic carbocycles. The van der Waals surface area contributed by atoms with Gasteiger partial charge in [-0.3, -0.25) is 0 Å². The lowest BCUT2D eigenvalue weighted by atomic mass is 9.96. The van der Waals surface area contributed by atoms with Gasteiger partial charge in [0.15, 0.2) is 0 Å². The Kier molecular flexibility index (Phi) is 18.1. The smallest absolute Gasteiger partial charge is 0.0443 e. The normalized spacial score (nSPS) is 12.7. The van der Waals surface area contributed by atoms with Crippen molar-refractivity contribution in [1.29, 1.82) is 0 Å². The fourth-order valence-electron chi connectivity index (χ4n) is 3.22. The van der Waals surface area contributed by atoms with E-state index in [1.54, 1.807) is 0 Å². The summed E-state index contributed by atoms with van der Waals surface area (Å²) in [4.78, 5) is 0. The minimum atomic E-state index is 0.973. The molecular formula is C21H44. The van der Waals surface area contributed by atoms with Crippen LogP contribution >= 0.6 is 0 Å². The van der Waals surface area contributed by atoms with Crippen molar-refractivity contribution in [2.45, 2.75) is 130 Å². The van der Waals surface area contributed by atoms with Gasteiger partial charge < -0.3 is 0 Å². The molecule has 0 saturated carbocycles. The van der Waals surface area contributed by atoms with E-state index in [-0.39, 0.29) is 0 Å². The largest absolute Gasteiger partial charge is 0.0654 e. The monoisotopic (exact) mass is 296 g/mol. The van der Waals surface area contributed by atoms with Crippen LogP contribution in [-0.4, -0.2) is 0 Å². The Labute approximate surface area is 136 Å². The second-order valence-electron chi connectivity index (χ2n) is 7.28. The van der Waals surface area contributed by atoms with Gasteiger partial charge in [0.25, 0.3) is 0 Å². The van der Waals surface area contributed by atoms with Crippen molar-refractivity contribution in [2.75, 3.05) is 0 Å². The molecule has 0 spiro atoms. The molecule has 0 rings (SSSR count). The van der Waals surface area contributed by atoms with Crippen molar-refractivity contribution in [2.24, 2.45) is 5.92 Å². The molecule has 0 aliphatic heterocycles. The van der Waals surface area contributed by atoms with Crippen molar-refractivity contribution in [1.82, 2.24) is 0 Å². The lowest BCUT2D eigenvalue weighted by Gasteiger charge is -2.10. The van der Waals surface area contributed by atoms with E-state index in [9.17, 15) is 0 Å². The Morgan fingerprint density at radius 2 is 0.714 bits per heavy atom. The molecule has 21 heavy (non-hydrogen) atoms. The molecular weight excluding hydrogens is 252 g/mol. The highest BCUT2D eigenvalue weighted by molar-refractivity contribution is 4.55. The van der Waals surface area contributed by atoms with Crippen molar-refractivity contribution < 1.29 is 0 Å². The van der Waals surface area contributed by atoms with Gasteiger partial charge in [0.2, 0.25) is 0 Å². The van der Waals surface area contributed by atoms with Crippen molar-refractivity contribution in [3.63, 3.8) is 0 Å². The third kappa shape index (κ3) is 18.0. The van der Waals surface area contributed by atoms with Crippen LogP contribution in [0.15, 0.2) is 0 Å². The summed E-state index contributed by atoms with van der Waals surface area (Å²) in [7, 11) is 0. The van der Waals surface area contributed by atoms with Crippen LogP contribution in [0.4, 0.5) is 0 Å². The lowest BCUT2D eigenvalue weighted by Crippen LogP contribution is -1.95. The molecule has 0 aromatic heterocycles. The van der Waals surface area contributed by atoms with Crippen LogP contribution in [0.5, 0.6) is 0 Å². The van der Waals surface area contributed by atoms with E-state index < -0.39 is 0 Å². The van der Waals surface area contributed by atoms with E-state index in [0.29, 0.717) is 0 Å². The molecule has 0 heteroatoms. The van der Waals surface area contributed by atoms with Gasteiger partial charge in [-0.15, -0.1) is 0 Å². The quantitative estimate of drug-likeness (QED) is 0.237. The molecule has 1 unspecified atom stereocenters. The second kappa shape index (κ2) is 18.1. The van der Waals surface area contributed by atoms with Gasteiger partial charge in [-0.1, -0.05) is 130 Å². The molecule has 0 heterocycles. The average Bonchev–Trinajstić information content (AvgIpc) is 2.49. The third-order valence-corrected chi connectivity index (χ3v) is 4.85. The Hall–Kier alpha value is 0. The summed E-state index contributed by atoms with van der Waals surface area (Å²) in [5.74, 6) is 0.973. The summed E-state index contributed by atoms with van der Waals surface area (Å²) in [6.45, 7) is 7.06. The van der Waals surface area contributed by atoms with E-state index >= 15 is 0 Å². The standard InChI is InChI=1S/C21H44/c1-4-6-8-10-11-12-13-14-15-16-18-20-21(3)19-17-9-7-5-2/h21H,4-20H2,1-3H3. The van der Waals surface area contributed by atoms with Crippen LogP contribution in [0.3, 0.4) is 0 Å². The maximum absolute atomic E-state index is 2.46. The zero-order valence-electron chi connectivity index (χ0n) is 15.6. The van der Waals surface area contributed by atoms with Gasteiger partial charge in [-0.25, -0.2) is 0 Å². The molecule has 0 amide bonds. The lowest BCUT2D eigenvalue weighted by molar-refractivity contribution is 0.433. The van der Waals surface area contributed by atoms with Gasteiger partial charge in [0.1, 0.15) is 0 Å². The highest BCUT2D eigenvalue weighted by Gasteiger charge is 2.01. The van der Waals surface area contributed by atoms with Crippen LogP contribution in [0.2, 0.25) is 0 Å². The van der Waals surface area contributed by atoms with E-state index in [4.69, 9.17) is 0 Å². The maximum atomic E-state index is 2.46. The summed E-state index contributed by atoms with van der Waals surface area (Å²) in [5.41, 5.74) is 0. The van der Waals surface area contributed by atoms with E-state index in [0.717, 1.165) is 5.92 Å². The Bertz CT molecular complexity index is 173. The first-order valence-electron chi connectivity index (χ1n) is 10.3. The van der Waals surface area contributed by atoms with Crippen LogP contribution in [0.1, 0.15) is 130 Å². The first-order valence-corrected chi connectivity index (χ1v) is 10.3. The van der Waals surface area contributed by atoms with Gasteiger partial charge in [0, 0.05) is 0 Å². The highest BCUT2D eigenvalue weighted by Crippen LogP contribution is 2.18. The topological polar surface area (TPSA) is 0 Å². The fourth-order valence-corrected chi connectivity index (χ4v) is 3.22. The maximum Gasteiger partial charge on any atom is -0.0443 e. The molecule has 0 aromatic rings. The Balaban J connectivity index is 3.07. The minimum absolute atomic E-state index is 0.973. The molecule has 0 saturated heterocycles. The SMILES string of the molecule is CCCCCCCCCCCCCC(C)CCCCCC. The summed E-state index contributed by atoms with van der Waals surface area (Å²) in [6, 6.07) is 0. The summed E-state index contributed by atoms with van der Waals surface area (Å²) in [6.07, 6.45) is 24.8. The molecule has 0 bridgehead atoms. The van der Waals surface area contributed by atoms with Crippen LogP contribution in [0.25, 0.3) is 0 Å². The first kappa shape index (κ1) is 21.0. The molecule has 0 aliphatic rings. The molecule has 128 valence electrons. The molecule has 1 atom stereocenters. The number of rotatable bonds is 17. The zero-order chi connectivity index (χ0) is 15.6. The predicted molar refractivity (Wildman–Crippen MR) is 99.0 cm³/mol. The van der Waals surface area contributed by atoms with Gasteiger partial charge in [-0.05, 0) is 5.92 Å². The Morgan fingerprint density at radius 1 is 0.429 bits per heavy atom. The molecule has 0 aromatic carbocycles. The summed E-state index contributed by atoms with van der Waals surface area (Å²) in [5, 5.41) is 0. The predicted octanol–water partition coefficient (Wildman–Crippen LogP) is 8.29. The fraction of sp³-hybridized carbons (Fsp3) is 1.00. The number of unbranched alkanes of at least 4 members (excludes halogenated alkanes) is 13. The molecule has 0 N–H and O–H groups in total. The number of hydrogen-bond acceptors (Lipinski definition) is 0. The second-order valence-corrected chi connectivity index (χ2v) is 7.28. The van der Waals surface area contributed by atoms with E-state index in [2.05, 4.69) is 20.8 Å². The van der Waals surface area contributed by atoms with Gasteiger partial charge in [-0.2, -0.15) is 0 Å². The van der Waals surface area contributed by atoms with Crippen molar-refractivity contribution in [3.8, 4) is 0 Å². The number of hydrogen-bond donors (Lipinski definition) is 0. The van der Waals surface area contributed by atoms with E-state index in [1.165, 1.54) is 109 Å².